The van der Waals surface area contributed by atoms with Gasteiger partial charge in [0.2, 0.25) is 17.7 Å². The van der Waals surface area contributed by atoms with Crippen LogP contribution in [0.2, 0.25) is 5.02 Å². The number of likely N-dealkylation sites (N-methyl/N-ethyl adjacent to an activating group) is 1. The number of rotatable bonds is 9. The van der Waals surface area contributed by atoms with Gasteiger partial charge in [0.05, 0.1) is 6.04 Å². The van der Waals surface area contributed by atoms with Gasteiger partial charge in [0, 0.05) is 58.5 Å². The Hall–Kier alpha value is -3.87. The van der Waals surface area contributed by atoms with E-state index in [0.29, 0.717) is 56.8 Å². The minimum Gasteiger partial charge on any atom is -0.361 e. The lowest BCUT2D eigenvalue weighted by Gasteiger charge is -2.32. The lowest BCUT2D eigenvalue weighted by Crippen LogP contribution is -2.57. The van der Waals surface area contributed by atoms with Crippen molar-refractivity contribution in [1.29, 1.82) is 0 Å². The Morgan fingerprint density at radius 1 is 0.880 bits per heavy atom. The molecule has 8 N–H and O–H groups in total. The second-order valence-electron chi connectivity index (χ2n) is 12.9. The van der Waals surface area contributed by atoms with Crippen molar-refractivity contribution in [2.45, 2.75) is 86.5 Å². The predicted octanol–water partition coefficient (Wildman–Crippen LogP) is 4.79. The quantitative estimate of drug-likeness (QED) is 0.136. The lowest BCUT2D eigenvalue weighted by molar-refractivity contribution is -0.142. The molecule has 5 rings (SSSR count). The number of aromatic nitrogens is 1. The topological polar surface area (TPSA) is 158 Å². The third-order valence-corrected chi connectivity index (χ3v) is 10.9. The molecule has 1 aliphatic rings. The van der Waals surface area contributed by atoms with Gasteiger partial charge >= 0.3 is 0 Å². The summed E-state index contributed by atoms with van der Waals surface area (Å²) in [7, 11) is 1.64. The van der Waals surface area contributed by atoms with Gasteiger partial charge in [-0.3, -0.25) is 14.4 Å². The van der Waals surface area contributed by atoms with Crippen LogP contribution in [0.4, 0.5) is 0 Å². The van der Waals surface area contributed by atoms with Gasteiger partial charge in [-0.05, 0) is 98.6 Å². The second kappa shape index (κ2) is 17.9. The van der Waals surface area contributed by atoms with Gasteiger partial charge in [-0.25, -0.2) is 0 Å². The molecule has 4 aromatic rings. The number of carbonyl (C=O) groups is 3. The van der Waals surface area contributed by atoms with E-state index in [0.717, 1.165) is 42.9 Å². The van der Waals surface area contributed by atoms with Crippen molar-refractivity contribution >= 4 is 52.0 Å². The monoisotopic (exact) mass is 717 g/mol. The van der Waals surface area contributed by atoms with Gasteiger partial charge in [-0.2, -0.15) is 0 Å². The molecule has 0 aliphatic carbocycles. The van der Waals surface area contributed by atoms with Gasteiger partial charge in [-0.15, -0.1) is 0 Å². The van der Waals surface area contributed by atoms with Gasteiger partial charge in [0.25, 0.3) is 0 Å². The van der Waals surface area contributed by atoms with Crippen molar-refractivity contribution in [1.82, 2.24) is 25.8 Å². The number of aryl methyl sites for hydroxylation is 1. The van der Waals surface area contributed by atoms with Gasteiger partial charge < -0.3 is 37.3 Å². The zero-order chi connectivity index (χ0) is 35.6. The predicted molar refractivity (Wildman–Crippen MR) is 201 cm³/mol. The third kappa shape index (κ3) is 9.26. The fourth-order valence-corrected chi connectivity index (χ4v) is 7.87. The maximum atomic E-state index is 14.4. The average Bonchev–Trinajstić information content (AvgIpc) is 3.52. The number of halogens is 1. The SMILES string of the molecule is Cc1cc(Cl)cc2c1Sc1ccccc1CNC(CCCN)C(=O)NC(CCCCN)C(=O)N(C)C(Cc1c[nH]c3ccccc13)C(=O)NC2. The van der Waals surface area contributed by atoms with Crippen LogP contribution in [0.25, 0.3) is 10.9 Å². The number of nitrogens with two attached hydrogens (primary N) is 2. The summed E-state index contributed by atoms with van der Waals surface area (Å²) >= 11 is 8.17. The molecule has 3 unspecified atom stereocenters. The number of hydrogen-bond donors (Lipinski definition) is 6. The first-order valence-electron chi connectivity index (χ1n) is 17.3. The van der Waals surface area contributed by atoms with Crippen LogP contribution in [-0.4, -0.2) is 65.9 Å². The van der Waals surface area contributed by atoms with Crippen LogP contribution in [0.3, 0.4) is 0 Å². The molecule has 266 valence electrons. The zero-order valence-electron chi connectivity index (χ0n) is 28.8. The first-order chi connectivity index (χ1) is 24.2. The maximum Gasteiger partial charge on any atom is 0.245 e. The molecule has 0 fully saturated rings. The largest absolute Gasteiger partial charge is 0.361 e. The Morgan fingerprint density at radius 3 is 2.42 bits per heavy atom. The number of carbonyl (C=O) groups excluding carboxylic acids is 3. The summed E-state index contributed by atoms with van der Waals surface area (Å²) in [6.45, 7) is 3.56. The minimum atomic E-state index is -0.866. The molecule has 0 saturated heterocycles. The molecule has 1 aromatic heterocycles. The Morgan fingerprint density at radius 2 is 1.62 bits per heavy atom. The number of fused-ring (bicyclic) bond motifs is 3. The minimum absolute atomic E-state index is 0.216. The molecule has 0 radical (unpaired) electrons. The fourth-order valence-electron chi connectivity index (χ4n) is 6.45. The Balaban J connectivity index is 1.57. The number of hydrogen-bond acceptors (Lipinski definition) is 7. The highest BCUT2D eigenvalue weighted by Crippen LogP contribution is 2.37. The summed E-state index contributed by atoms with van der Waals surface area (Å²) in [4.78, 5) is 49.4. The molecule has 12 heteroatoms. The third-order valence-electron chi connectivity index (χ3n) is 9.27. The van der Waals surface area contributed by atoms with E-state index >= 15 is 0 Å². The molecule has 0 saturated carbocycles. The molecule has 50 heavy (non-hydrogen) atoms. The van der Waals surface area contributed by atoms with E-state index < -0.39 is 18.1 Å². The van der Waals surface area contributed by atoms with Crippen molar-refractivity contribution in [2.75, 3.05) is 20.1 Å². The second-order valence-corrected chi connectivity index (χ2v) is 14.4. The van der Waals surface area contributed by atoms with Gasteiger partial charge in [-0.1, -0.05) is 59.8 Å². The van der Waals surface area contributed by atoms with E-state index in [1.54, 1.807) is 18.8 Å². The summed E-state index contributed by atoms with van der Waals surface area (Å²) < 4.78 is 0. The molecule has 3 atom stereocenters. The van der Waals surface area contributed by atoms with Crippen LogP contribution in [0, 0.1) is 6.92 Å². The lowest BCUT2D eigenvalue weighted by atomic mass is 10.0. The number of benzene rings is 3. The van der Waals surface area contributed by atoms with Crippen LogP contribution >= 0.6 is 23.4 Å². The molecular formula is C38H48ClN7O3S. The van der Waals surface area contributed by atoms with Gasteiger partial charge in [0.15, 0.2) is 0 Å². The number of amides is 3. The van der Waals surface area contributed by atoms with E-state index in [4.69, 9.17) is 23.1 Å². The van der Waals surface area contributed by atoms with E-state index in [2.05, 4.69) is 27.0 Å². The average molecular weight is 718 g/mol. The molecule has 2 heterocycles. The smallest absolute Gasteiger partial charge is 0.245 e. The highest BCUT2D eigenvalue weighted by atomic mass is 35.5. The zero-order valence-corrected chi connectivity index (χ0v) is 30.3. The van der Waals surface area contributed by atoms with E-state index in [1.165, 1.54) is 4.90 Å². The molecular weight excluding hydrogens is 670 g/mol. The summed E-state index contributed by atoms with van der Waals surface area (Å²) in [5, 5.41) is 11.2. The van der Waals surface area contributed by atoms with Crippen LogP contribution in [0.1, 0.15) is 54.4 Å². The molecule has 3 aromatic carbocycles. The normalized spacial score (nSPS) is 19.4. The Kier molecular flexibility index (Phi) is 13.4. The van der Waals surface area contributed by atoms with E-state index in [1.807, 2.05) is 67.7 Å². The summed E-state index contributed by atoms with van der Waals surface area (Å²) in [6.07, 6.45) is 5.03. The highest BCUT2D eigenvalue weighted by Gasteiger charge is 2.34. The van der Waals surface area contributed by atoms with Crippen molar-refractivity contribution in [2.24, 2.45) is 11.5 Å². The van der Waals surface area contributed by atoms with Crippen molar-refractivity contribution in [3.8, 4) is 0 Å². The Bertz CT molecular complexity index is 1800. The number of unbranched alkanes of at least 4 members (excludes halogenated alkanes) is 1. The van der Waals surface area contributed by atoms with Gasteiger partial charge in [0.1, 0.15) is 12.1 Å². The van der Waals surface area contributed by atoms with Crippen molar-refractivity contribution in [3.63, 3.8) is 0 Å². The van der Waals surface area contributed by atoms with E-state index in [9.17, 15) is 14.4 Å². The van der Waals surface area contributed by atoms with Crippen LogP contribution in [0.15, 0.2) is 76.7 Å². The van der Waals surface area contributed by atoms with E-state index in [-0.39, 0.29) is 30.7 Å². The number of H-pyrrole nitrogens is 1. The Labute approximate surface area is 303 Å². The van der Waals surface area contributed by atoms with Crippen molar-refractivity contribution < 1.29 is 14.4 Å². The standard InChI is InChI=1S/C38H48ClN7O3S/c1-24-18-28(39)19-27-23-44-37(48)33(20-26-22-42-30-12-5-4-11-29(26)30)46(2)38(49)32(13-7-8-16-40)45-36(47)31(14-9-17-41)43-21-25-10-3-6-15-34(25)50-35(24)27/h3-6,10-12,15,18-19,22,31-33,42-43H,7-9,13-14,16-17,20-21,23,40-41H2,1-2H3,(H,44,48)(H,45,47). The molecule has 1 aliphatic heterocycles. The van der Waals surface area contributed by atoms with Crippen LogP contribution in [-0.2, 0) is 33.9 Å². The number of nitrogens with zero attached hydrogens (tertiary/aromatic N) is 1. The number of aromatic amines is 1. The number of nitrogens with one attached hydrogen (secondary N) is 4. The van der Waals surface area contributed by atoms with Crippen molar-refractivity contribution in [3.05, 3.63) is 94.1 Å². The number of para-hydroxylation sites is 1. The first kappa shape index (κ1) is 37.4. The summed E-state index contributed by atoms with van der Waals surface area (Å²) in [5.74, 6) is -0.919. The summed E-state index contributed by atoms with van der Waals surface area (Å²) in [5.41, 5.74) is 16.4. The fraction of sp³-hybridized carbons (Fsp3) is 0.395. The first-order valence-corrected chi connectivity index (χ1v) is 18.5. The molecule has 3 amide bonds. The van der Waals surface area contributed by atoms with Crippen LogP contribution < -0.4 is 27.4 Å². The molecule has 10 nitrogen and oxygen atoms in total. The molecule has 0 bridgehead atoms. The highest BCUT2D eigenvalue weighted by molar-refractivity contribution is 7.99. The van der Waals surface area contributed by atoms with Crippen LogP contribution in [0.5, 0.6) is 0 Å². The summed E-state index contributed by atoms with van der Waals surface area (Å²) in [6, 6.07) is 17.4. The molecule has 0 spiro atoms. The maximum absolute atomic E-state index is 14.4.